The molecule has 1 aromatic rings. The van der Waals surface area contributed by atoms with Crippen LogP contribution in [0, 0.1) is 17.6 Å². The molecule has 21 heavy (non-hydrogen) atoms. The largest absolute Gasteiger partial charge is 0.293 e. The minimum absolute atomic E-state index is 0.118. The fourth-order valence-corrected chi connectivity index (χ4v) is 3.91. The maximum absolute atomic E-state index is 13.7. The van der Waals surface area contributed by atoms with E-state index in [0.717, 1.165) is 37.6 Å². The third-order valence-corrected chi connectivity index (χ3v) is 4.93. The van der Waals surface area contributed by atoms with Gasteiger partial charge in [0.25, 0.3) is 0 Å². The molecule has 0 aromatic heterocycles. The first kappa shape index (κ1) is 14.6. The van der Waals surface area contributed by atoms with Crippen LogP contribution in [-0.2, 0) is 0 Å². The molecule has 0 bridgehead atoms. The fraction of sp³-hybridized carbons (Fsp3) is 0.588. The summed E-state index contributed by atoms with van der Waals surface area (Å²) in [6.45, 7) is 1.10. The standard InChI is InChI=1S/C17H21F2NO/c18-13-7-8-15(19)14(10-13)17(21)11-20-9-3-6-16(20)12-4-1-2-5-12/h7-8,10,12,16H,1-6,9,11H2. The number of halogens is 2. The van der Waals surface area contributed by atoms with E-state index in [-0.39, 0.29) is 17.9 Å². The minimum Gasteiger partial charge on any atom is -0.293 e. The molecule has 2 fully saturated rings. The summed E-state index contributed by atoms with van der Waals surface area (Å²) >= 11 is 0. The molecule has 1 aromatic carbocycles. The summed E-state index contributed by atoms with van der Waals surface area (Å²) in [5.41, 5.74) is -0.118. The summed E-state index contributed by atoms with van der Waals surface area (Å²) in [5, 5.41) is 0. The van der Waals surface area contributed by atoms with Crippen molar-refractivity contribution in [3.8, 4) is 0 Å². The van der Waals surface area contributed by atoms with Crippen molar-refractivity contribution in [3.05, 3.63) is 35.4 Å². The summed E-state index contributed by atoms with van der Waals surface area (Å²) in [5.74, 6) is -0.818. The van der Waals surface area contributed by atoms with Crippen molar-refractivity contribution >= 4 is 5.78 Å². The molecule has 2 aliphatic rings. The van der Waals surface area contributed by atoms with Gasteiger partial charge in [-0.3, -0.25) is 9.69 Å². The van der Waals surface area contributed by atoms with Crippen LogP contribution < -0.4 is 0 Å². The molecule has 1 saturated heterocycles. The van der Waals surface area contributed by atoms with Crippen molar-refractivity contribution in [2.24, 2.45) is 5.92 Å². The molecule has 0 spiro atoms. The van der Waals surface area contributed by atoms with Gasteiger partial charge >= 0.3 is 0 Å². The van der Waals surface area contributed by atoms with Crippen molar-refractivity contribution in [3.63, 3.8) is 0 Å². The van der Waals surface area contributed by atoms with Crippen molar-refractivity contribution in [1.82, 2.24) is 4.90 Å². The van der Waals surface area contributed by atoms with E-state index in [2.05, 4.69) is 4.90 Å². The summed E-state index contributed by atoms with van der Waals surface area (Å²) in [4.78, 5) is 14.5. The number of nitrogens with zero attached hydrogens (tertiary/aromatic N) is 1. The van der Waals surface area contributed by atoms with Gasteiger partial charge in [-0.1, -0.05) is 12.8 Å². The van der Waals surface area contributed by atoms with Gasteiger partial charge in [-0.15, -0.1) is 0 Å². The highest BCUT2D eigenvalue weighted by atomic mass is 19.1. The highest BCUT2D eigenvalue weighted by Gasteiger charge is 2.34. The summed E-state index contributed by atoms with van der Waals surface area (Å²) in [7, 11) is 0. The lowest BCUT2D eigenvalue weighted by atomic mass is 9.95. The molecule has 0 amide bonds. The molecule has 1 saturated carbocycles. The Balaban J connectivity index is 1.70. The Hall–Kier alpha value is -1.29. The van der Waals surface area contributed by atoms with Crippen LogP contribution in [0.15, 0.2) is 18.2 Å². The van der Waals surface area contributed by atoms with Crippen LogP contribution in [0.5, 0.6) is 0 Å². The van der Waals surface area contributed by atoms with Crippen molar-refractivity contribution in [2.45, 2.75) is 44.6 Å². The fourth-order valence-electron chi connectivity index (χ4n) is 3.91. The van der Waals surface area contributed by atoms with Crippen LogP contribution in [-0.4, -0.2) is 29.8 Å². The molecular weight excluding hydrogens is 272 g/mol. The van der Waals surface area contributed by atoms with E-state index in [1.54, 1.807) is 0 Å². The predicted molar refractivity (Wildman–Crippen MR) is 77.2 cm³/mol. The Morgan fingerprint density at radius 3 is 2.67 bits per heavy atom. The smallest absolute Gasteiger partial charge is 0.179 e. The van der Waals surface area contributed by atoms with Crippen LogP contribution in [0.1, 0.15) is 48.9 Å². The molecule has 4 heteroatoms. The van der Waals surface area contributed by atoms with Gasteiger partial charge in [0, 0.05) is 6.04 Å². The zero-order chi connectivity index (χ0) is 14.8. The first-order chi connectivity index (χ1) is 10.1. The molecule has 1 heterocycles. The average molecular weight is 293 g/mol. The van der Waals surface area contributed by atoms with Crippen molar-refractivity contribution in [1.29, 1.82) is 0 Å². The van der Waals surface area contributed by atoms with Crippen LogP contribution >= 0.6 is 0 Å². The summed E-state index contributed by atoms with van der Waals surface area (Å²) in [6, 6.07) is 3.54. The maximum Gasteiger partial charge on any atom is 0.179 e. The number of carbonyl (C=O) groups is 1. The first-order valence-corrected chi connectivity index (χ1v) is 7.87. The third kappa shape index (κ3) is 3.15. The Bertz CT molecular complexity index is 526. The molecule has 1 atom stereocenters. The summed E-state index contributed by atoms with van der Waals surface area (Å²) in [6.07, 6.45) is 7.26. The van der Waals surface area contributed by atoms with Crippen molar-refractivity contribution < 1.29 is 13.6 Å². The zero-order valence-corrected chi connectivity index (χ0v) is 12.2. The van der Waals surface area contributed by atoms with Gasteiger partial charge in [-0.25, -0.2) is 8.78 Å². The van der Waals surface area contributed by atoms with E-state index in [9.17, 15) is 13.6 Å². The number of rotatable bonds is 4. The normalized spacial score (nSPS) is 23.8. The van der Waals surface area contributed by atoms with Gasteiger partial charge in [0.15, 0.2) is 5.78 Å². The second-order valence-corrected chi connectivity index (χ2v) is 6.27. The van der Waals surface area contributed by atoms with E-state index >= 15 is 0 Å². The molecule has 0 radical (unpaired) electrons. The van der Waals surface area contributed by atoms with Crippen molar-refractivity contribution in [2.75, 3.05) is 13.1 Å². The molecule has 114 valence electrons. The van der Waals surface area contributed by atoms with E-state index < -0.39 is 11.6 Å². The molecule has 3 rings (SSSR count). The highest BCUT2D eigenvalue weighted by molar-refractivity contribution is 5.97. The van der Waals surface area contributed by atoms with Gasteiger partial charge in [0.05, 0.1) is 12.1 Å². The SMILES string of the molecule is O=C(CN1CCCC1C1CCCC1)c1cc(F)ccc1F. The lowest BCUT2D eigenvalue weighted by Gasteiger charge is -2.28. The predicted octanol–water partition coefficient (Wildman–Crippen LogP) is 3.80. The maximum atomic E-state index is 13.7. The van der Waals surface area contributed by atoms with Gasteiger partial charge in [0.2, 0.25) is 0 Å². The first-order valence-electron chi connectivity index (χ1n) is 7.87. The van der Waals surface area contributed by atoms with Gasteiger partial charge < -0.3 is 0 Å². The van der Waals surface area contributed by atoms with E-state index in [0.29, 0.717) is 12.0 Å². The lowest BCUT2D eigenvalue weighted by Crippen LogP contribution is -2.38. The zero-order valence-electron chi connectivity index (χ0n) is 12.2. The molecule has 0 N–H and O–H groups in total. The number of hydrogen-bond donors (Lipinski definition) is 0. The van der Waals surface area contributed by atoms with E-state index in [4.69, 9.17) is 0 Å². The van der Waals surface area contributed by atoms with Gasteiger partial charge in [0.1, 0.15) is 11.6 Å². The second kappa shape index (κ2) is 6.22. The molecule has 2 nitrogen and oxygen atoms in total. The number of hydrogen-bond acceptors (Lipinski definition) is 2. The topological polar surface area (TPSA) is 20.3 Å². The number of Topliss-reactive ketones (excluding diaryl/α,β-unsaturated/α-hetero) is 1. The number of ketones is 1. The van der Waals surface area contributed by atoms with E-state index in [1.165, 1.54) is 25.7 Å². The monoisotopic (exact) mass is 293 g/mol. The van der Waals surface area contributed by atoms with Crippen LogP contribution in [0.3, 0.4) is 0 Å². The third-order valence-electron chi connectivity index (χ3n) is 4.93. The Morgan fingerprint density at radius 1 is 1.14 bits per heavy atom. The van der Waals surface area contributed by atoms with E-state index in [1.807, 2.05) is 0 Å². The van der Waals surface area contributed by atoms with Crippen LogP contribution in [0.25, 0.3) is 0 Å². The van der Waals surface area contributed by atoms with Crippen LogP contribution in [0.4, 0.5) is 8.78 Å². The Morgan fingerprint density at radius 2 is 1.90 bits per heavy atom. The highest BCUT2D eigenvalue weighted by Crippen LogP contribution is 2.35. The summed E-state index contributed by atoms with van der Waals surface area (Å²) < 4.78 is 26.9. The number of likely N-dealkylation sites (tertiary alicyclic amines) is 1. The van der Waals surface area contributed by atoms with Gasteiger partial charge in [-0.05, 0) is 56.3 Å². The Kier molecular flexibility index (Phi) is 4.34. The molecular formula is C17H21F2NO. The number of carbonyl (C=O) groups excluding carboxylic acids is 1. The Labute approximate surface area is 124 Å². The lowest BCUT2D eigenvalue weighted by molar-refractivity contribution is 0.0891. The van der Waals surface area contributed by atoms with Gasteiger partial charge in [-0.2, -0.15) is 0 Å². The second-order valence-electron chi connectivity index (χ2n) is 6.27. The molecule has 1 aliphatic heterocycles. The molecule has 1 unspecified atom stereocenters. The number of benzene rings is 1. The molecule has 1 aliphatic carbocycles. The quantitative estimate of drug-likeness (QED) is 0.787. The average Bonchev–Trinajstić information content (AvgIpc) is 3.11. The van der Waals surface area contributed by atoms with Crippen LogP contribution in [0.2, 0.25) is 0 Å². The minimum atomic E-state index is -0.627.